The van der Waals surface area contributed by atoms with E-state index in [9.17, 15) is 9.59 Å². The standard InChI is InChI=1S/C13H25N5O5.C4H8O/c1-2-6-22-7-3-15-12(19)10-18(11-13(20)21)5-9-23-8-4-16-17-14;1-2-4-5-3-1/h2-11H2,1H3,(H,15,19)(H,20,21);1-4H2. The maximum atomic E-state index is 11.7. The predicted molar refractivity (Wildman–Crippen MR) is 103 cm³/mol. The lowest BCUT2D eigenvalue weighted by atomic mass is 10.4. The first kappa shape index (κ1) is 26.1. The number of ether oxygens (including phenoxy) is 3. The van der Waals surface area contributed by atoms with Crippen molar-refractivity contribution in [3.05, 3.63) is 10.4 Å². The van der Waals surface area contributed by atoms with E-state index >= 15 is 0 Å². The van der Waals surface area contributed by atoms with Crippen LogP contribution < -0.4 is 5.32 Å². The smallest absolute Gasteiger partial charge is 0.317 e. The number of aliphatic carboxylic acids is 1. The van der Waals surface area contributed by atoms with E-state index in [0.29, 0.717) is 26.3 Å². The third-order valence-electron chi connectivity index (χ3n) is 3.42. The van der Waals surface area contributed by atoms with Crippen LogP contribution in [0.25, 0.3) is 10.4 Å². The molecule has 11 nitrogen and oxygen atoms in total. The number of rotatable bonds is 15. The minimum Gasteiger partial charge on any atom is -0.480 e. The second kappa shape index (κ2) is 19.8. The zero-order valence-electron chi connectivity index (χ0n) is 16.7. The topological polar surface area (TPSA) is 146 Å². The highest BCUT2D eigenvalue weighted by Gasteiger charge is 2.13. The maximum Gasteiger partial charge on any atom is 0.317 e. The van der Waals surface area contributed by atoms with E-state index in [4.69, 9.17) is 24.8 Å². The van der Waals surface area contributed by atoms with Crippen LogP contribution in [0.5, 0.6) is 0 Å². The molecule has 1 fully saturated rings. The molecule has 162 valence electrons. The number of carboxylic acid groups (broad SMARTS) is 1. The molecular formula is C17H33N5O6. The molecule has 1 amide bonds. The van der Waals surface area contributed by atoms with Gasteiger partial charge in [-0.05, 0) is 24.8 Å². The molecule has 28 heavy (non-hydrogen) atoms. The highest BCUT2D eigenvalue weighted by atomic mass is 16.5. The van der Waals surface area contributed by atoms with Crippen molar-refractivity contribution in [2.75, 3.05) is 72.4 Å². The molecule has 0 bridgehead atoms. The normalized spacial score (nSPS) is 12.8. The molecule has 1 heterocycles. The summed E-state index contributed by atoms with van der Waals surface area (Å²) < 4.78 is 15.4. The van der Waals surface area contributed by atoms with Gasteiger partial charge in [-0.2, -0.15) is 0 Å². The lowest BCUT2D eigenvalue weighted by Gasteiger charge is -2.19. The first-order valence-electron chi connectivity index (χ1n) is 9.55. The van der Waals surface area contributed by atoms with Gasteiger partial charge in [-0.1, -0.05) is 12.0 Å². The summed E-state index contributed by atoms with van der Waals surface area (Å²) in [6.45, 7) is 6.21. The van der Waals surface area contributed by atoms with Crippen molar-refractivity contribution in [2.24, 2.45) is 5.11 Å². The third kappa shape index (κ3) is 18.9. The van der Waals surface area contributed by atoms with E-state index in [0.717, 1.165) is 19.6 Å². The lowest BCUT2D eigenvalue weighted by Crippen LogP contribution is -2.42. The SMILES string of the molecule is C1CCOC1.CCCOCCNC(=O)CN(CCOCCN=[N+]=[N-])CC(=O)O. The summed E-state index contributed by atoms with van der Waals surface area (Å²) in [5.41, 5.74) is 8.10. The van der Waals surface area contributed by atoms with Gasteiger partial charge in [0.05, 0.1) is 32.9 Å². The van der Waals surface area contributed by atoms with Gasteiger partial charge in [-0.3, -0.25) is 14.5 Å². The molecule has 0 spiro atoms. The van der Waals surface area contributed by atoms with E-state index in [1.807, 2.05) is 6.92 Å². The van der Waals surface area contributed by atoms with Crippen molar-refractivity contribution in [1.29, 1.82) is 0 Å². The van der Waals surface area contributed by atoms with E-state index < -0.39 is 5.97 Å². The van der Waals surface area contributed by atoms with Gasteiger partial charge in [0.25, 0.3) is 0 Å². The molecule has 0 radical (unpaired) electrons. The van der Waals surface area contributed by atoms with Crippen molar-refractivity contribution < 1.29 is 28.9 Å². The summed E-state index contributed by atoms with van der Waals surface area (Å²) in [6, 6.07) is 0. The fourth-order valence-corrected chi connectivity index (χ4v) is 2.13. The van der Waals surface area contributed by atoms with Gasteiger partial charge in [0, 0.05) is 44.4 Å². The Labute approximate surface area is 165 Å². The van der Waals surface area contributed by atoms with Gasteiger partial charge in [0.1, 0.15) is 0 Å². The number of carboxylic acids is 1. The molecule has 0 aliphatic carbocycles. The number of carbonyl (C=O) groups excluding carboxylic acids is 1. The number of carbonyl (C=O) groups is 2. The van der Waals surface area contributed by atoms with Crippen molar-refractivity contribution >= 4 is 11.9 Å². The van der Waals surface area contributed by atoms with Gasteiger partial charge < -0.3 is 24.6 Å². The monoisotopic (exact) mass is 403 g/mol. The Morgan fingerprint density at radius 2 is 1.89 bits per heavy atom. The minimum absolute atomic E-state index is 0.0280. The highest BCUT2D eigenvalue weighted by Crippen LogP contribution is 1.98. The molecule has 1 aliphatic heterocycles. The van der Waals surface area contributed by atoms with E-state index in [1.54, 1.807) is 0 Å². The van der Waals surface area contributed by atoms with Crippen LogP contribution in [0, 0.1) is 0 Å². The number of hydrogen-bond acceptors (Lipinski definition) is 7. The number of nitrogens with zero attached hydrogens (tertiary/aromatic N) is 4. The molecule has 0 aromatic carbocycles. The summed E-state index contributed by atoms with van der Waals surface area (Å²) in [5.74, 6) is -1.28. The summed E-state index contributed by atoms with van der Waals surface area (Å²) in [5, 5.41) is 14.8. The second-order valence-corrected chi connectivity index (χ2v) is 5.95. The summed E-state index contributed by atoms with van der Waals surface area (Å²) >= 11 is 0. The van der Waals surface area contributed by atoms with Crippen LogP contribution in [0.4, 0.5) is 0 Å². The Kier molecular flexibility index (Phi) is 18.5. The number of hydrogen-bond donors (Lipinski definition) is 2. The summed E-state index contributed by atoms with van der Waals surface area (Å²) in [7, 11) is 0. The van der Waals surface area contributed by atoms with Gasteiger partial charge in [0.2, 0.25) is 5.91 Å². The number of amides is 1. The molecule has 0 aromatic rings. The maximum absolute atomic E-state index is 11.7. The number of azide groups is 1. The Bertz CT molecular complexity index is 448. The quantitative estimate of drug-likeness (QED) is 0.180. The molecule has 2 N–H and O–H groups in total. The average Bonchev–Trinajstić information content (AvgIpc) is 3.24. The molecule has 0 unspecified atom stereocenters. The van der Waals surface area contributed by atoms with E-state index in [1.165, 1.54) is 17.7 Å². The third-order valence-corrected chi connectivity index (χ3v) is 3.42. The lowest BCUT2D eigenvalue weighted by molar-refractivity contribution is -0.138. The van der Waals surface area contributed by atoms with E-state index in [-0.39, 0.29) is 38.8 Å². The van der Waals surface area contributed by atoms with Crippen LogP contribution in [0.3, 0.4) is 0 Å². The first-order valence-corrected chi connectivity index (χ1v) is 9.55. The minimum atomic E-state index is -1.02. The van der Waals surface area contributed by atoms with Crippen molar-refractivity contribution in [3.63, 3.8) is 0 Å². The van der Waals surface area contributed by atoms with Crippen molar-refractivity contribution in [1.82, 2.24) is 10.2 Å². The zero-order valence-corrected chi connectivity index (χ0v) is 16.7. The Morgan fingerprint density at radius 1 is 1.18 bits per heavy atom. The van der Waals surface area contributed by atoms with Crippen LogP contribution in [0.2, 0.25) is 0 Å². The van der Waals surface area contributed by atoms with Gasteiger partial charge in [-0.25, -0.2) is 0 Å². The van der Waals surface area contributed by atoms with Crippen molar-refractivity contribution in [2.45, 2.75) is 26.2 Å². The largest absolute Gasteiger partial charge is 0.480 e. The molecule has 0 aromatic heterocycles. The van der Waals surface area contributed by atoms with Crippen LogP contribution in [0.15, 0.2) is 5.11 Å². The molecule has 0 saturated carbocycles. The summed E-state index contributed by atoms with van der Waals surface area (Å²) in [6.07, 6.45) is 3.47. The molecule has 0 atom stereocenters. The Morgan fingerprint density at radius 3 is 2.46 bits per heavy atom. The van der Waals surface area contributed by atoms with Crippen LogP contribution in [-0.2, 0) is 23.8 Å². The molecular weight excluding hydrogens is 370 g/mol. The van der Waals surface area contributed by atoms with Crippen LogP contribution in [0.1, 0.15) is 26.2 Å². The van der Waals surface area contributed by atoms with Crippen LogP contribution in [-0.4, -0.2) is 94.2 Å². The molecule has 1 aliphatic rings. The fourth-order valence-electron chi connectivity index (χ4n) is 2.13. The Balaban J connectivity index is 0.00000125. The molecule has 11 heteroatoms. The van der Waals surface area contributed by atoms with Gasteiger partial charge >= 0.3 is 5.97 Å². The average molecular weight is 403 g/mol. The van der Waals surface area contributed by atoms with Gasteiger partial charge in [-0.15, -0.1) is 0 Å². The van der Waals surface area contributed by atoms with Gasteiger partial charge in [0.15, 0.2) is 0 Å². The Hall–Kier alpha value is -1.91. The second-order valence-electron chi connectivity index (χ2n) is 5.95. The fraction of sp³-hybridized carbons (Fsp3) is 0.882. The summed E-state index contributed by atoms with van der Waals surface area (Å²) in [4.78, 5) is 26.6. The molecule has 1 rings (SSSR count). The van der Waals surface area contributed by atoms with Crippen LogP contribution >= 0.6 is 0 Å². The number of nitrogens with one attached hydrogen (secondary N) is 1. The highest BCUT2D eigenvalue weighted by molar-refractivity contribution is 5.79. The zero-order chi connectivity index (χ0) is 20.9. The van der Waals surface area contributed by atoms with E-state index in [2.05, 4.69) is 15.3 Å². The first-order chi connectivity index (χ1) is 13.6. The molecule has 1 saturated heterocycles. The van der Waals surface area contributed by atoms with Crippen molar-refractivity contribution in [3.8, 4) is 0 Å². The predicted octanol–water partition coefficient (Wildman–Crippen LogP) is 1.04.